The van der Waals surface area contributed by atoms with Crippen LogP contribution < -0.4 is 16.0 Å². The lowest BCUT2D eigenvalue weighted by molar-refractivity contribution is -0.121. The minimum atomic E-state index is -0.165. The molecule has 1 heterocycles. The van der Waals surface area contributed by atoms with E-state index in [2.05, 4.69) is 5.43 Å². The van der Waals surface area contributed by atoms with Crippen molar-refractivity contribution in [2.75, 3.05) is 0 Å². The van der Waals surface area contributed by atoms with Gasteiger partial charge in [0, 0.05) is 30.1 Å². The van der Waals surface area contributed by atoms with Gasteiger partial charge in [-0.2, -0.15) is 0 Å². The predicted octanol–water partition coefficient (Wildman–Crippen LogP) is 1.81. The SMILES string of the molecule is CC(C)Oc1ccc2c(ccn2CCC(=O)NN)c1. The molecule has 0 radical (unpaired) electrons. The number of fused-ring (bicyclic) bond motifs is 1. The number of amides is 1. The average Bonchev–Trinajstić information content (AvgIpc) is 2.77. The number of nitrogens with one attached hydrogen (secondary N) is 1. The molecule has 0 aliphatic heterocycles. The van der Waals surface area contributed by atoms with Crippen molar-refractivity contribution < 1.29 is 9.53 Å². The lowest BCUT2D eigenvalue weighted by Crippen LogP contribution is -2.30. The van der Waals surface area contributed by atoms with Crippen LogP contribution >= 0.6 is 0 Å². The van der Waals surface area contributed by atoms with Gasteiger partial charge in [0.1, 0.15) is 5.75 Å². The maximum atomic E-state index is 11.1. The van der Waals surface area contributed by atoms with Gasteiger partial charge in [-0.1, -0.05) is 0 Å². The highest BCUT2D eigenvalue weighted by atomic mass is 16.5. The first-order chi connectivity index (χ1) is 9.10. The fourth-order valence-corrected chi connectivity index (χ4v) is 2.01. The summed E-state index contributed by atoms with van der Waals surface area (Å²) >= 11 is 0. The van der Waals surface area contributed by atoms with Crippen LogP contribution in [0, 0.1) is 0 Å². The van der Waals surface area contributed by atoms with Crippen molar-refractivity contribution >= 4 is 16.8 Å². The third-order valence-electron chi connectivity index (χ3n) is 2.86. The van der Waals surface area contributed by atoms with Gasteiger partial charge in [0.25, 0.3) is 0 Å². The Morgan fingerprint density at radius 2 is 2.21 bits per heavy atom. The predicted molar refractivity (Wildman–Crippen MR) is 74.6 cm³/mol. The highest BCUT2D eigenvalue weighted by molar-refractivity contribution is 5.82. The number of carbonyl (C=O) groups is 1. The van der Waals surface area contributed by atoms with E-state index in [1.165, 1.54) is 0 Å². The largest absolute Gasteiger partial charge is 0.491 e. The molecule has 0 atom stereocenters. The molecule has 5 nitrogen and oxygen atoms in total. The second kappa shape index (κ2) is 5.75. The molecule has 19 heavy (non-hydrogen) atoms. The summed E-state index contributed by atoms with van der Waals surface area (Å²) in [6.07, 6.45) is 2.49. The number of hydrogen-bond donors (Lipinski definition) is 2. The third kappa shape index (κ3) is 3.26. The van der Waals surface area contributed by atoms with Crippen LogP contribution in [0.1, 0.15) is 20.3 Å². The fourth-order valence-electron chi connectivity index (χ4n) is 2.01. The van der Waals surface area contributed by atoms with Gasteiger partial charge in [-0.15, -0.1) is 0 Å². The number of benzene rings is 1. The van der Waals surface area contributed by atoms with Crippen LogP contribution in [0.25, 0.3) is 10.9 Å². The topological polar surface area (TPSA) is 69.3 Å². The quantitative estimate of drug-likeness (QED) is 0.490. The van der Waals surface area contributed by atoms with E-state index in [9.17, 15) is 4.79 Å². The lowest BCUT2D eigenvalue weighted by atomic mass is 10.2. The number of rotatable bonds is 5. The Labute approximate surface area is 112 Å². The van der Waals surface area contributed by atoms with Crippen molar-refractivity contribution in [3.8, 4) is 5.75 Å². The molecule has 0 bridgehead atoms. The van der Waals surface area contributed by atoms with E-state index in [1.54, 1.807) is 0 Å². The summed E-state index contributed by atoms with van der Waals surface area (Å²) in [4.78, 5) is 11.1. The molecule has 3 N–H and O–H groups in total. The molecule has 0 spiro atoms. The van der Waals surface area contributed by atoms with Crippen LogP contribution in [0.4, 0.5) is 0 Å². The molecule has 0 fully saturated rings. The van der Waals surface area contributed by atoms with Gasteiger partial charge in [0.05, 0.1) is 6.10 Å². The fraction of sp³-hybridized carbons (Fsp3) is 0.357. The first kappa shape index (κ1) is 13.4. The van der Waals surface area contributed by atoms with E-state index in [0.717, 1.165) is 16.7 Å². The van der Waals surface area contributed by atoms with Crippen LogP contribution in [0.3, 0.4) is 0 Å². The summed E-state index contributed by atoms with van der Waals surface area (Å²) < 4.78 is 7.69. The molecular formula is C14H19N3O2. The summed E-state index contributed by atoms with van der Waals surface area (Å²) in [7, 11) is 0. The second-order valence-corrected chi connectivity index (χ2v) is 4.71. The number of nitrogens with two attached hydrogens (primary N) is 1. The van der Waals surface area contributed by atoms with E-state index >= 15 is 0 Å². The van der Waals surface area contributed by atoms with Gasteiger partial charge in [-0.25, -0.2) is 5.84 Å². The number of hydrogen-bond acceptors (Lipinski definition) is 3. The zero-order chi connectivity index (χ0) is 13.8. The van der Waals surface area contributed by atoms with Crippen molar-refractivity contribution in [2.45, 2.75) is 32.9 Å². The zero-order valence-electron chi connectivity index (χ0n) is 11.2. The van der Waals surface area contributed by atoms with E-state index in [-0.39, 0.29) is 12.0 Å². The Morgan fingerprint density at radius 1 is 1.42 bits per heavy atom. The molecule has 1 aromatic carbocycles. The molecule has 2 rings (SSSR count). The highest BCUT2D eigenvalue weighted by Gasteiger charge is 2.05. The number of nitrogens with zero attached hydrogens (tertiary/aromatic N) is 1. The normalized spacial score (nSPS) is 10.9. The van der Waals surface area contributed by atoms with Gasteiger partial charge in [0.15, 0.2) is 0 Å². The molecule has 1 amide bonds. The van der Waals surface area contributed by atoms with Gasteiger partial charge >= 0.3 is 0 Å². The van der Waals surface area contributed by atoms with E-state index < -0.39 is 0 Å². The minimum Gasteiger partial charge on any atom is -0.491 e. The van der Waals surface area contributed by atoms with Gasteiger partial charge < -0.3 is 9.30 Å². The molecule has 1 aromatic heterocycles. The van der Waals surface area contributed by atoms with Gasteiger partial charge in [0.2, 0.25) is 5.91 Å². The van der Waals surface area contributed by atoms with Crippen molar-refractivity contribution in [2.24, 2.45) is 5.84 Å². The summed E-state index contributed by atoms with van der Waals surface area (Å²) in [6.45, 7) is 4.61. The Kier molecular flexibility index (Phi) is 4.06. The molecule has 5 heteroatoms. The lowest BCUT2D eigenvalue weighted by Gasteiger charge is -2.10. The molecule has 0 saturated carbocycles. The van der Waals surface area contributed by atoms with Crippen LogP contribution in [0.15, 0.2) is 30.5 Å². The Hall–Kier alpha value is -2.01. The maximum Gasteiger partial charge on any atom is 0.235 e. The Balaban J connectivity index is 2.17. The van der Waals surface area contributed by atoms with Crippen LogP contribution in [-0.4, -0.2) is 16.6 Å². The van der Waals surface area contributed by atoms with E-state index in [0.29, 0.717) is 13.0 Å². The van der Waals surface area contributed by atoms with E-state index in [1.807, 2.05) is 48.9 Å². The van der Waals surface area contributed by atoms with Crippen molar-refractivity contribution in [3.05, 3.63) is 30.5 Å². The molecule has 0 unspecified atom stereocenters. The first-order valence-corrected chi connectivity index (χ1v) is 6.35. The van der Waals surface area contributed by atoms with Crippen molar-refractivity contribution in [1.29, 1.82) is 0 Å². The highest BCUT2D eigenvalue weighted by Crippen LogP contribution is 2.23. The molecule has 0 saturated heterocycles. The first-order valence-electron chi connectivity index (χ1n) is 6.35. The van der Waals surface area contributed by atoms with Gasteiger partial charge in [-0.05, 0) is 38.1 Å². The average molecular weight is 261 g/mol. The maximum absolute atomic E-state index is 11.1. The number of carbonyl (C=O) groups excluding carboxylic acids is 1. The van der Waals surface area contributed by atoms with Crippen LogP contribution in [0.5, 0.6) is 5.75 Å². The van der Waals surface area contributed by atoms with Gasteiger partial charge in [-0.3, -0.25) is 10.2 Å². The number of hydrazine groups is 1. The number of aromatic nitrogens is 1. The minimum absolute atomic E-state index is 0.160. The smallest absolute Gasteiger partial charge is 0.235 e. The molecule has 0 aliphatic carbocycles. The van der Waals surface area contributed by atoms with Crippen LogP contribution in [0.2, 0.25) is 0 Å². The van der Waals surface area contributed by atoms with E-state index in [4.69, 9.17) is 10.6 Å². The molecule has 2 aromatic rings. The summed E-state index contributed by atoms with van der Waals surface area (Å²) in [5.41, 5.74) is 3.22. The zero-order valence-corrected chi connectivity index (χ0v) is 11.2. The standard InChI is InChI=1S/C14H19N3O2/c1-10(2)19-12-3-4-13-11(9-12)5-7-17(13)8-6-14(18)16-15/h3-5,7,9-10H,6,8,15H2,1-2H3,(H,16,18). The Bertz CT molecular complexity index is 575. The van der Waals surface area contributed by atoms with Crippen molar-refractivity contribution in [1.82, 2.24) is 9.99 Å². The number of ether oxygens (including phenoxy) is 1. The van der Waals surface area contributed by atoms with Crippen LogP contribution in [-0.2, 0) is 11.3 Å². The van der Waals surface area contributed by atoms with Crippen molar-refractivity contribution in [3.63, 3.8) is 0 Å². The molecule has 0 aliphatic rings. The molecular weight excluding hydrogens is 242 g/mol. The second-order valence-electron chi connectivity index (χ2n) is 4.71. The Morgan fingerprint density at radius 3 is 2.89 bits per heavy atom. The summed E-state index contributed by atoms with van der Waals surface area (Å²) in [5.74, 6) is 5.76. The third-order valence-corrected chi connectivity index (χ3v) is 2.86. The number of aryl methyl sites for hydroxylation is 1. The summed E-state index contributed by atoms with van der Waals surface area (Å²) in [6, 6.07) is 7.98. The molecule has 102 valence electrons. The monoisotopic (exact) mass is 261 g/mol. The summed E-state index contributed by atoms with van der Waals surface area (Å²) in [5, 5.41) is 1.10.